The van der Waals surface area contributed by atoms with Crippen molar-refractivity contribution in [1.82, 2.24) is 19.8 Å². The van der Waals surface area contributed by atoms with Crippen LogP contribution in [0.1, 0.15) is 19.4 Å². The van der Waals surface area contributed by atoms with Gasteiger partial charge in [0.25, 0.3) is 0 Å². The molecule has 0 bridgehead atoms. The molecule has 7 nitrogen and oxygen atoms in total. The van der Waals surface area contributed by atoms with E-state index in [-0.39, 0.29) is 0 Å². The van der Waals surface area contributed by atoms with Gasteiger partial charge in [0.2, 0.25) is 0 Å². The van der Waals surface area contributed by atoms with Gasteiger partial charge in [-0.15, -0.1) is 0 Å². The highest BCUT2D eigenvalue weighted by Gasteiger charge is 2.28. The zero-order valence-electron chi connectivity index (χ0n) is 16.3. The standard InChI is InChI=1S/C20H29N5O2/c1-16-7-10-24(14-19(16)25-11-8-22-15-25)20(21-2)23-9-12-27-18-6-4-5-17(13-18)26-3/h4-6,8,11,13,15-16,19H,7,9-10,12,14H2,1-3H3,(H,21,23). The summed E-state index contributed by atoms with van der Waals surface area (Å²) in [6.07, 6.45) is 6.92. The second-order valence-electron chi connectivity index (χ2n) is 6.79. The van der Waals surface area contributed by atoms with Gasteiger partial charge in [-0.25, -0.2) is 4.98 Å². The van der Waals surface area contributed by atoms with E-state index in [9.17, 15) is 0 Å². The molecule has 1 N–H and O–H groups in total. The van der Waals surface area contributed by atoms with Crippen molar-refractivity contribution in [3.8, 4) is 11.5 Å². The Bertz CT molecular complexity index is 732. The largest absolute Gasteiger partial charge is 0.497 e. The van der Waals surface area contributed by atoms with E-state index in [0.29, 0.717) is 25.1 Å². The first kappa shape index (κ1) is 19.1. The molecular weight excluding hydrogens is 342 g/mol. The van der Waals surface area contributed by atoms with Crippen molar-refractivity contribution >= 4 is 5.96 Å². The number of nitrogens with one attached hydrogen (secondary N) is 1. The van der Waals surface area contributed by atoms with Crippen LogP contribution in [0.3, 0.4) is 0 Å². The highest BCUT2D eigenvalue weighted by Crippen LogP contribution is 2.27. The van der Waals surface area contributed by atoms with E-state index in [1.165, 1.54) is 0 Å². The molecule has 1 aliphatic heterocycles. The first-order valence-electron chi connectivity index (χ1n) is 9.41. The number of guanidine groups is 1. The van der Waals surface area contributed by atoms with E-state index in [0.717, 1.165) is 37.0 Å². The van der Waals surface area contributed by atoms with E-state index in [2.05, 4.69) is 31.7 Å². The quantitative estimate of drug-likeness (QED) is 0.480. The summed E-state index contributed by atoms with van der Waals surface area (Å²) in [5, 5.41) is 3.41. The zero-order valence-corrected chi connectivity index (χ0v) is 16.3. The average Bonchev–Trinajstić information content (AvgIpc) is 3.23. The lowest BCUT2D eigenvalue weighted by molar-refractivity contribution is 0.188. The van der Waals surface area contributed by atoms with Gasteiger partial charge >= 0.3 is 0 Å². The molecule has 2 unspecified atom stereocenters. The Hall–Kier alpha value is -2.70. The summed E-state index contributed by atoms with van der Waals surface area (Å²) in [4.78, 5) is 11.0. The molecule has 0 spiro atoms. The van der Waals surface area contributed by atoms with E-state index < -0.39 is 0 Å². The minimum atomic E-state index is 0.410. The molecule has 27 heavy (non-hydrogen) atoms. The van der Waals surface area contributed by atoms with Crippen LogP contribution < -0.4 is 14.8 Å². The minimum Gasteiger partial charge on any atom is -0.497 e. The maximum Gasteiger partial charge on any atom is 0.193 e. The lowest BCUT2D eigenvalue weighted by Gasteiger charge is -2.39. The highest BCUT2D eigenvalue weighted by atomic mass is 16.5. The van der Waals surface area contributed by atoms with E-state index in [1.54, 1.807) is 7.11 Å². The van der Waals surface area contributed by atoms with Crippen LogP contribution >= 0.6 is 0 Å². The maximum atomic E-state index is 5.80. The van der Waals surface area contributed by atoms with Crippen molar-refractivity contribution in [2.24, 2.45) is 10.9 Å². The van der Waals surface area contributed by atoms with Gasteiger partial charge in [0.1, 0.15) is 18.1 Å². The summed E-state index contributed by atoms with van der Waals surface area (Å²) in [6, 6.07) is 8.05. The Labute approximate surface area is 161 Å². The van der Waals surface area contributed by atoms with Crippen LogP contribution in [0.4, 0.5) is 0 Å². The molecule has 7 heteroatoms. The van der Waals surface area contributed by atoms with Crippen LogP contribution in [0.2, 0.25) is 0 Å². The normalized spacial score (nSPS) is 20.4. The molecule has 1 fully saturated rings. The Kier molecular flexibility index (Phi) is 6.57. The Morgan fingerprint density at radius 2 is 2.22 bits per heavy atom. The number of ether oxygens (including phenoxy) is 2. The number of nitrogens with zero attached hydrogens (tertiary/aromatic N) is 4. The number of likely N-dealkylation sites (tertiary alicyclic amines) is 1. The van der Waals surface area contributed by atoms with Gasteiger partial charge in [-0.2, -0.15) is 0 Å². The van der Waals surface area contributed by atoms with Crippen molar-refractivity contribution < 1.29 is 9.47 Å². The number of piperidine rings is 1. The smallest absolute Gasteiger partial charge is 0.193 e. The fourth-order valence-electron chi connectivity index (χ4n) is 3.45. The summed E-state index contributed by atoms with van der Waals surface area (Å²) in [5.41, 5.74) is 0. The molecule has 0 radical (unpaired) electrons. The summed E-state index contributed by atoms with van der Waals surface area (Å²) in [5.74, 6) is 3.13. The molecule has 2 heterocycles. The van der Waals surface area contributed by atoms with E-state index in [1.807, 2.05) is 50.0 Å². The predicted octanol–water partition coefficient (Wildman–Crippen LogP) is 2.43. The number of rotatable bonds is 6. The van der Waals surface area contributed by atoms with Gasteiger partial charge in [0.15, 0.2) is 5.96 Å². The molecule has 1 aliphatic rings. The Balaban J connectivity index is 1.50. The van der Waals surface area contributed by atoms with Crippen molar-refractivity contribution in [1.29, 1.82) is 0 Å². The van der Waals surface area contributed by atoms with E-state index >= 15 is 0 Å². The SMILES string of the molecule is CN=C(NCCOc1cccc(OC)c1)N1CCC(C)C(n2ccnc2)C1. The number of imidazole rings is 1. The lowest BCUT2D eigenvalue weighted by atomic mass is 9.93. The van der Waals surface area contributed by atoms with E-state index in [4.69, 9.17) is 9.47 Å². The van der Waals surface area contributed by atoms with Crippen LogP contribution in [0.5, 0.6) is 11.5 Å². The van der Waals surface area contributed by atoms with Crippen LogP contribution in [-0.2, 0) is 0 Å². The summed E-state index contributed by atoms with van der Waals surface area (Å²) in [6.45, 7) is 5.48. The van der Waals surface area contributed by atoms with Gasteiger partial charge in [-0.3, -0.25) is 4.99 Å². The molecule has 3 rings (SSSR count). The third-order valence-corrected chi connectivity index (χ3v) is 5.03. The summed E-state index contributed by atoms with van der Waals surface area (Å²) in [7, 11) is 3.48. The lowest BCUT2D eigenvalue weighted by Crippen LogP contribution is -2.49. The van der Waals surface area contributed by atoms with Crippen LogP contribution in [-0.4, -0.2) is 60.8 Å². The monoisotopic (exact) mass is 371 g/mol. The molecule has 1 saturated heterocycles. The van der Waals surface area contributed by atoms with Crippen molar-refractivity contribution in [2.75, 3.05) is 40.4 Å². The number of hydrogen-bond donors (Lipinski definition) is 1. The third-order valence-electron chi connectivity index (χ3n) is 5.03. The Morgan fingerprint density at radius 3 is 2.96 bits per heavy atom. The topological polar surface area (TPSA) is 63.9 Å². The molecule has 0 amide bonds. The summed E-state index contributed by atoms with van der Waals surface area (Å²) < 4.78 is 13.2. The molecule has 2 atom stereocenters. The summed E-state index contributed by atoms with van der Waals surface area (Å²) >= 11 is 0. The second-order valence-corrected chi connectivity index (χ2v) is 6.79. The first-order chi connectivity index (χ1) is 13.2. The van der Waals surface area contributed by atoms with Crippen LogP contribution in [0.15, 0.2) is 48.0 Å². The van der Waals surface area contributed by atoms with Gasteiger partial charge in [0, 0.05) is 38.6 Å². The molecule has 1 aromatic heterocycles. The third kappa shape index (κ3) is 4.93. The molecule has 2 aromatic rings. The predicted molar refractivity (Wildman–Crippen MR) is 106 cm³/mol. The molecule has 0 saturated carbocycles. The second kappa shape index (κ2) is 9.30. The van der Waals surface area contributed by atoms with Gasteiger partial charge in [-0.05, 0) is 24.5 Å². The number of methoxy groups -OCH3 is 1. The van der Waals surface area contributed by atoms with Crippen LogP contribution in [0.25, 0.3) is 0 Å². The first-order valence-corrected chi connectivity index (χ1v) is 9.41. The molecular formula is C20H29N5O2. The Morgan fingerprint density at radius 1 is 1.37 bits per heavy atom. The highest BCUT2D eigenvalue weighted by molar-refractivity contribution is 5.80. The van der Waals surface area contributed by atoms with Crippen molar-refractivity contribution in [3.63, 3.8) is 0 Å². The average molecular weight is 371 g/mol. The van der Waals surface area contributed by atoms with Crippen LogP contribution in [0, 0.1) is 5.92 Å². The fourth-order valence-corrected chi connectivity index (χ4v) is 3.45. The number of hydrogen-bond acceptors (Lipinski definition) is 4. The van der Waals surface area contributed by atoms with Gasteiger partial charge < -0.3 is 24.3 Å². The zero-order chi connectivity index (χ0) is 19.1. The number of aromatic nitrogens is 2. The van der Waals surface area contributed by atoms with Crippen molar-refractivity contribution in [2.45, 2.75) is 19.4 Å². The minimum absolute atomic E-state index is 0.410. The number of aliphatic imine (C=N–C) groups is 1. The maximum absolute atomic E-state index is 5.80. The molecule has 0 aliphatic carbocycles. The fraction of sp³-hybridized carbons (Fsp3) is 0.500. The van der Waals surface area contributed by atoms with Gasteiger partial charge in [0.05, 0.1) is 26.0 Å². The van der Waals surface area contributed by atoms with Crippen molar-refractivity contribution in [3.05, 3.63) is 43.0 Å². The molecule has 146 valence electrons. The van der Waals surface area contributed by atoms with Gasteiger partial charge in [-0.1, -0.05) is 13.0 Å². The molecule has 1 aromatic carbocycles. The number of benzene rings is 1.